The number of hydrogen-bond donors (Lipinski definition) is 2. The quantitative estimate of drug-likeness (QED) is 0.787. The number of pyridine rings is 1. The van der Waals surface area contributed by atoms with Gasteiger partial charge in [0.15, 0.2) is 0 Å². The predicted molar refractivity (Wildman–Crippen MR) is 59.1 cm³/mol. The van der Waals surface area contributed by atoms with Crippen molar-refractivity contribution in [3.05, 3.63) is 30.1 Å². The first kappa shape index (κ1) is 10.6. The molecular weight excluding hydrogens is 188 g/mol. The first-order chi connectivity index (χ1) is 7.18. The van der Waals surface area contributed by atoms with Gasteiger partial charge in [-0.2, -0.15) is 0 Å². The molecule has 0 saturated heterocycles. The van der Waals surface area contributed by atoms with Gasteiger partial charge in [-0.1, -0.05) is 13.0 Å². The van der Waals surface area contributed by atoms with Gasteiger partial charge in [0.1, 0.15) is 0 Å². The van der Waals surface area contributed by atoms with Gasteiger partial charge in [0.25, 0.3) is 0 Å². The van der Waals surface area contributed by atoms with Crippen LogP contribution in [0.3, 0.4) is 0 Å². The van der Waals surface area contributed by atoms with Crippen molar-refractivity contribution in [2.45, 2.75) is 25.9 Å². The van der Waals surface area contributed by atoms with E-state index in [1.54, 1.807) is 12.4 Å². The molecule has 82 valence electrons. The van der Waals surface area contributed by atoms with Crippen molar-refractivity contribution < 1.29 is 5.11 Å². The number of hydrogen-bond acceptors (Lipinski definition) is 3. The fourth-order valence-electron chi connectivity index (χ4n) is 2.72. The lowest BCUT2D eigenvalue weighted by Gasteiger charge is -2.49. The molecule has 1 saturated carbocycles. The highest BCUT2D eigenvalue weighted by Crippen LogP contribution is 2.52. The van der Waals surface area contributed by atoms with Crippen LogP contribution >= 0.6 is 0 Å². The normalized spacial score (nSPS) is 32.1. The number of nitrogens with zero attached hydrogens (tertiary/aromatic N) is 1. The molecule has 1 fully saturated rings. The summed E-state index contributed by atoms with van der Waals surface area (Å²) >= 11 is 0. The van der Waals surface area contributed by atoms with E-state index in [0.717, 1.165) is 18.4 Å². The second kappa shape index (κ2) is 3.91. The van der Waals surface area contributed by atoms with Crippen molar-refractivity contribution in [1.82, 2.24) is 4.98 Å². The molecule has 1 atom stereocenters. The van der Waals surface area contributed by atoms with Crippen LogP contribution in [0, 0.1) is 11.3 Å². The summed E-state index contributed by atoms with van der Waals surface area (Å²) in [4.78, 5) is 4.03. The van der Waals surface area contributed by atoms with Crippen LogP contribution in [0.4, 0.5) is 0 Å². The highest BCUT2D eigenvalue weighted by molar-refractivity contribution is 5.17. The Balaban J connectivity index is 2.17. The average molecular weight is 206 g/mol. The van der Waals surface area contributed by atoms with E-state index in [0.29, 0.717) is 12.5 Å². The van der Waals surface area contributed by atoms with Crippen LogP contribution < -0.4 is 5.73 Å². The number of nitrogens with two attached hydrogens (primary N) is 1. The summed E-state index contributed by atoms with van der Waals surface area (Å²) in [6, 6.07) is 3.77. The maximum absolute atomic E-state index is 10.3. The smallest absolute Gasteiger partial charge is 0.0873 e. The SMILES string of the molecule is CC1CC(CN)([C@@H](O)c2cccnc2)C1. The third kappa shape index (κ3) is 1.77. The summed E-state index contributed by atoms with van der Waals surface area (Å²) < 4.78 is 0. The molecule has 1 aliphatic carbocycles. The first-order valence-corrected chi connectivity index (χ1v) is 5.46. The lowest BCUT2D eigenvalue weighted by Crippen LogP contribution is -2.46. The lowest BCUT2D eigenvalue weighted by atomic mass is 9.58. The van der Waals surface area contributed by atoms with Gasteiger partial charge in [-0.15, -0.1) is 0 Å². The van der Waals surface area contributed by atoms with E-state index < -0.39 is 6.10 Å². The van der Waals surface area contributed by atoms with E-state index in [1.807, 2.05) is 12.1 Å². The van der Waals surface area contributed by atoms with Gasteiger partial charge >= 0.3 is 0 Å². The van der Waals surface area contributed by atoms with Crippen LogP contribution in [0.2, 0.25) is 0 Å². The Morgan fingerprint density at radius 2 is 2.40 bits per heavy atom. The van der Waals surface area contributed by atoms with Gasteiger partial charge in [-0.25, -0.2) is 0 Å². The van der Waals surface area contributed by atoms with Gasteiger partial charge in [0, 0.05) is 24.4 Å². The Labute approximate surface area is 90.3 Å². The molecule has 1 aromatic rings. The second-order valence-corrected chi connectivity index (χ2v) is 4.77. The molecule has 2 rings (SSSR count). The highest BCUT2D eigenvalue weighted by Gasteiger charge is 2.46. The van der Waals surface area contributed by atoms with Gasteiger partial charge < -0.3 is 10.8 Å². The molecular formula is C12H18N2O. The molecule has 0 bridgehead atoms. The van der Waals surface area contributed by atoms with E-state index >= 15 is 0 Å². The van der Waals surface area contributed by atoms with E-state index in [9.17, 15) is 5.11 Å². The predicted octanol–water partition coefficient (Wildman–Crippen LogP) is 1.49. The van der Waals surface area contributed by atoms with E-state index in [1.165, 1.54) is 0 Å². The number of aliphatic hydroxyl groups is 1. The van der Waals surface area contributed by atoms with E-state index in [2.05, 4.69) is 11.9 Å². The second-order valence-electron chi connectivity index (χ2n) is 4.77. The largest absolute Gasteiger partial charge is 0.388 e. The van der Waals surface area contributed by atoms with Crippen LogP contribution in [0.25, 0.3) is 0 Å². The molecule has 15 heavy (non-hydrogen) atoms. The molecule has 0 spiro atoms. The Bertz CT molecular complexity index is 320. The van der Waals surface area contributed by atoms with E-state index in [-0.39, 0.29) is 5.41 Å². The summed E-state index contributed by atoms with van der Waals surface area (Å²) in [7, 11) is 0. The van der Waals surface area contributed by atoms with Crippen LogP contribution in [-0.4, -0.2) is 16.6 Å². The minimum atomic E-state index is -0.465. The molecule has 0 aromatic carbocycles. The van der Waals surface area contributed by atoms with Crippen molar-refractivity contribution in [3.8, 4) is 0 Å². The van der Waals surface area contributed by atoms with Gasteiger partial charge in [0.2, 0.25) is 0 Å². The maximum atomic E-state index is 10.3. The standard InChI is InChI=1S/C12H18N2O/c1-9-5-12(6-9,8-13)11(15)10-3-2-4-14-7-10/h2-4,7,9,11,15H,5-6,8,13H2,1H3/t9?,11-,12?/m0/s1. The molecule has 1 heterocycles. The molecule has 0 radical (unpaired) electrons. The zero-order valence-electron chi connectivity index (χ0n) is 9.06. The Morgan fingerprint density at radius 1 is 1.67 bits per heavy atom. The number of rotatable bonds is 3. The Hall–Kier alpha value is -0.930. The molecule has 1 aliphatic rings. The Morgan fingerprint density at radius 3 is 2.87 bits per heavy atom. The van der Waals surface area contributed by atoms with Crippen LogP contribution in [0.15, 0.2) is 24.5 Å². The molecule has 1 aromatic heterocycles. The van der Waals surface area contributed by atoms with Gasteiger partial charge in [0.05, 0.1) is 6.10 Å². The van der Waals surface area contributed by atoms with Crippen molar-refractivity contribution in [2.75, 3.05) is 6.54 Å². The zero-order chi connectivity index (χ0) is 10.9. The van der Waals surface area contributed by atoms with Gasteiger partial charge in [-0.3, -0.25) is 4.98 Å². The minimum absolute atomic E-state index is 0.109. The minimum Gasteiger partial charge on any atom is -0.388 e. The van der Waals surface area contributed by atoms with Crippen molar-refractivity contribution in [1.29, 1.82) is 0 Å². The van der Waals surface area contributed by atoms with Crippen molar-refractivity contribution in [3.63, 3.8) is 0 Å². The summed E-state index contributed by atoms with van der Waals surface area (Å²) in [5.41, 5.74) is 6.56. The number of aromatic nitrogens is 1. The van der Waals surface area contributed by atoms with Crippen LogP contribution in [0.5, 0.6) is 0 Å². The third-order valence-electron chi connectivity index (χ3n) is 3.50. The molecule has 0 aliphatic heterocycles. The maximum Gasteiger partial charge on any atom is 0.0873 e. The van der Waals surface area contributed by atoms with Crippen molar-refractivity contribution in [2.24, 2.45) is 17.1 Å². The van der Waals surface area contributed by atoms with Gasteiger partial charge in [-0.05, 0) is 30.4 Å². The fourth-order valence-corrected chi connectivity index (χ4v) is 2.72. The molecule has 0 amide bonds. The van der Waals surface area contributed by atoms with Crippen LogP contribution in [0.1, 0.15) is 31.4 Å². The average Bonchev–Trinajstić information content (AvgIpc) is 2.25. The molecule has 3 nitrogen and oxygen atoms in total. The highest BCUT2D eigenvalue weighted by atomic mass is 16.3. The zero-order valence-corrected chi connectivity index (χ0v) is 9.06. The van der Waals surface area contributed by atoms with Crippen molar-refractivity contribution >= 4 is 0 Å². The van der Waals surface area contributed by atoms with E-state index in [4.69, 9.17) is 5.73 Å². The topological polar surface area (TPSA) is 59.1 Å². The summed E-state index contributed by atoms with van der Waals surface area (Å²) in [5, 5.41) is 10.3. The summed E-state index contributed by atoms with van der Waals surface area (Å²) in [5.74, 6) is 0.680. The summed E-state index contributed by atoms with van der Waals surface area (Å²) in [6.45, 7) is 2.75. The molecule has 0 unspecified atom stereocenters. The third-order valence-corrected chi connectivity index (χ3v) is 3.50. The lowest BCUT2D eigenvalue weighted by molar-refractivity contribution is -0.0603. The molecule has 3 heteroatoms. The fraction of sp³-hybridized carbons (Fsp3) is 0.583. The molecule has 3 N–H and O–H groups in total. The number of aliphatic hydroxyl groups excluding tert-OH is 1. The Kier molecular flexibility index (Phi) is 2.76. The first-order valence-electron chi connectivity index (χ1n) is 5.46. The van der Waals surface area contributed by atoms with Crippen LogP contribution in [-0.2, 0) is 0 Å². The monoisotopic (exact) mass is 206 g/mol. The summed E-state index contributed by atoms with van der Waals surface area (Å²) in [6.07, 6.45) is 5.01.